The molecule has 4 aliphatic rings. The number of piperidine rings is 2. The Morgan fingerprint density at radius 3 is 2.46 bits per heavy atom. The van der Waals surface area contributed by atoms with E-state index in [2.05, 4.69) is 66.5 Å². The minimum atomic E-state index is -0.353. The average Bonchev–Trinajstić information content (AvgIpc) is 3.67. The number of imide groups is 1. The summed E-state index contributed by atoms with van der Waals surface area (Å²) in [5, 5.41) is 24.9. The summed E-state index contributed by atoms with van der Waals surface area (Å²) in [6.45, 7) is 7.88. The Morgan fingerprint density at radius 2 is 1.75 bits per heavy atom. The Hall–Kier alpha value is -5.19. The van der Waals surface area contributed by atoms with Crippen molar-refractivity contribution in [2.45, 2.75) is 82.9 Å². The van der Waals surface area contributed by atoms with Crippen molar-refractivity contribution in [1.82, 2.24) is 30.3 Å². The molecule has 0 bridgehead atoms. The number of hydrogen-bond acceptors (Lipinski definition) is 9. The van der Waals surface area contributed by atoms with Crippen LogP contribution in [0.3, 0.4) is 0 Å². The van der Waals surface area contributed by atoms with E-state index in [-0.39, 0.29) is 30.0 Å². The van der Waals surface area contributed by atoms with E-state index in [0.29, 0.717) is 52.9 Å². The van der Waals surface area contributed by atoms with Crippen molar-refractivity contribution in [2.24, 2.45) is 11.8 Å². The van der Waals surface area contributed by atoms with Gasteiger partial charge in [-0.15, -0.1) is 10.2 Å². The molecule has 1 aliphatic carbocycles. The lowest BCUT2D eigenvalue weighted by Gasteiger charge is -2.39. The van der Waals surface area contributed by atoms with Crippen LogP contribution in [0.1, 0.15) is 86.8 Å². The second-order valence-corrected chi connectivity index (χ2v) is 16.5. The van der Waals surface area contributed by atoms with Crippen LogP contribution in [0.25, 0.3) is 10.9 Å². The van der Waals surface area contributed by atoms with E-state index in [1.54, 1.807) is 29.2 Å². The van der Waals surface area contributed by atoms with Crippen LogP contribution in [-0.4, -0.2) is 88.9 Å². The van der Waals surface area contributed by atoms with Gasteiger partial charge in [-0.25, -0.2) is 4.79 Å². The Morgan fingerprint density at radius 1 is 0.965 bits per heavy atom. The topological polar surface area (TPSA) is 149 Å². The number of amides is 4. The smallest absolute Gasteiger partial charge is 0.328 e. The van der Waals surface area contributed by atoms with Crippen molar-refractivity contribution in [2.75, 3.05) is 49.1 Å². The molecule has 3 saturated heterocycles. The minimum Gasteiger partial charge on any atom is -0.490 e. The average molecular weight is 792 g/mol. The molecule has 8 rings (SSSR count). The summed E-state index contributed by atoms with van der Waals surface area (Å²) < 4.78 is 8.46. The summed E-state index contributed by atoms with van der Waals surface area (Å²) in [5.74, 6) is 2.26. The second-order valence-electron chi connectivity index (χ2n) is 16.1. The molecule has 57 heavy (non-hydrogen) atoms. The highest BCUT2D eigenvalue weighted by molar-refractivity contribution is 6.31. The number of halogens is 1. The number of ether oxygens (including phenoxy) is 1. The third kappa shape index (κ3) is 8.72. The number of anilines is 2. The van der Waals surface area contributed by atoms with Crippen LogP contribution in [-0.2, 0) is 4.79 Å². The van der Waals surface area contributed by atoms with Gasteiger partial charge in [0.1, 0.15) is 11.8 Å². The van der Waals surface area contributed by atoms with Gasteiger partial charge in [0.2, 0.25) is 5.91 Å². The summed E-state index contributed by atoms with van der Waals surface area (Å²) >= 11 is 6.16. The molecule has 1 atom stereocenters. The van der Waals surface area contributed by atoms with E-state index in [1.807, 2.05) is 18.2 Å². The van der Waals surface area contributed by atoms with Gasteiger partial charge < -0.3 is 24.4 Å². The molecule has 13 nitrogen and oxygen atoms in total. The zero-order chi connectivity index (χ0) is 39.5. The van der Waals surface area contributed by atoms with Crippen LogP contribution in [0.5, 0.6) is 5.75 Å². The number of likely N-dealkylation sites (tertiary alicyclic amines) is 1. The lowest BCUT2D eigenvalue weighted by molar-refractivity contribution is -0.120. The van der Waals surface area contributed by atoms with Gasteiger partial charge in [0.25, 0.3) is 5.91 Å². The number of benzene rings is 2. The predicted molar refractivity (Wildman–Crippen MR) is 219 cm³/mol. The van der Waals surface area contributed by atoms with Crippen LogP contribution in [0.4, 0.5) is 16.3 Å². The summed E-state index contributed by atoms with van der Waals surface area (Å²) in [7, 11) is 0. The largest absolute Gasteiger partial charge is 0.490 e. The number of rotatable bonds is 10. The van der Waals surface area contributed by atoms with Crippen LogP contribution in [0, 0.1) is 23.2 Å². The Bertz CT molecular complexity index is 2130. The van der Waals surface area contributed by atoms with Gasteiger partial charge in [-0.05, 0) is 126 Å². The SMILES string of the molecule is CC(C1CCN(CC2CCN(c3ccc(C(=O)NC4CCC(Oc5ccc(C#N)c(Cl)c5)CC4)nn3)CC2)CC1)n1ccc2c(N3CCC(=O)NC3=O)cccc21. The maximum atomic E-state index is 13.0. The van der Waals surface area contributed by atoms with Crippen molar-refractivity contribution in [3.05, 3.63) is 77.1 Å². The third-order valence-corrected chi connectivity index (χ3v) is 12.9. The van der Waals surface area contributed by atoms with Gasteiger partial charge in [0.15, 0.2) is 11.5 Å². The Kier molecular flexibility index (Phi) is 11.6. The highest BCUT2D eigenvalue weighted by Crippen LogP contribution is 2.36. The quantitative estimate of drug-likeness (QED) is 0.179. The van der Waals surface area contributed by atoms with Crippen molar-refractivity contribution < 1.29 is 19.1 Å². The molecule has 2 aromatic heterocycles. The van der Waals surface area contributed by atoms with Gasteiger partial charge in [-0.3, -0.25) is 19.8 Å². The molecule has 4 fully saturated rings. The van der Waals surface area contributed by atoms with Crippen molar-refractivity contribution in [3.63, 3.8) is 0 Å². The van der Waals surface area contributed by atoms with E-state index in [9.17, 15) is 14.4 Å². The summed E-state index contributed by atoms with van der Waals surface area (Å²) in [6, 6.07) is 19.1. The van der Waals surface area contributed by atoms with Gasteiger partial charge >= 0.3 is 6.03 Å². The van der Waals surface area contributed by atoms with Gasteiger partial charge in [-0.1, -0.05) is 17.7 Å². The number of nitrogens with zero attached hydrogens (tertiary/aromatic N) is 7. The molecule has 0 radical (unpaired) electrons. The molecule has 0 spiro atoms. The lowest BCUT2D eigenvalue weighted by atomic mass is 9.88. The molecule has 3 aliphatic heterocycles. The number of hydrogen-bond donors (Lipinski definition) is 2. The molecule has 2 N–H and O–H groups in total. The highest BCUT2D eigenvalue weighted by atomic mass is 35.5. The number of nitriles is 1. The first-order valence-electron chi connectivity index (χ1n) is 20.4. The number of fused-ring (bicyclic) bond motifs is 1. The minimum absolute atomic E-state index is 0.0359. The molecule has 1 unspecified atom stereocenters. The number of nitrogens with one attached hydrogen (secondary N) is 2. The summed E-state index contributed by atoms with van der Waals surface area (Å²) in [6.07, 6.45) is 10.2. The van der Waals surface area contributed by atoms with E-state index >= 15 is 0 Å². The number of aromatic nitrogens is 3. The molecule has 2 aromatic carbocycles. The Balaban J connectivity index is 0.755. The summed E-state index contributed by atoms with van der Waals surface area (Å²) in [5.41, 5.74) is 2.73. The molecule has 4 amide bonds. The molecule has 5 heterocycles. The van der Waals surface area contributed by atoms with Gasteiger partial charge in [-0.2, -0.15) is 5.26 Å². The van der Waals surface area contributed by atoms with Crippen molar-refractivity contribution in [3.8, 4) is 11.8 Å². The van der Waals surface area contributed by atoms with E-state index in [4.69, 9.17) is 21.6 Å². The molecular weight excluding hydrogens is 742 g/mol. The molecule has 298 valence electrons. The fourth-order valence-electron chi connectivity index (χ4n) is 9.16. The lowest BCUT2D eigenvalue weighted by Crippen LogP contribution is -2.49. The Labute approximate surface area is 338 Å². The highest BCUT2D eigenvalue weighted by Gasteiger charge is 2.31. The van der Waals surface area contributed by atoms with Crippen LogP contribution < -0.4 is 25.2 Å². The van der Waals surface area contributed by atoms with Crippen molar-refractivity contribution in [1.29, 1.82) is 5.26 Å². The third-order valence-electron chi connectivity index (χ3n) is 12.5. The van der Waals surface area contributed by atoms with Gasteiger partial charge in [0, 0.05) is 62.3 Å². The number of urea groups is 1. The zero-order valence-corrected chi connectivity index (χ0v) is 33.2. The molecule has 14 heteroatoms. The normalized spacial score (nSPS) is 21.9. The molecule has 1 saturated carbocycles. The molecule has 4 aromatic rings. The zero-order valence-electron chi connectivity index (χ0n) is 32.4. The van der Waals surface area contributed by atoms with Crippen LogP contribution >= 0.6 is 11.6 Å². The predicted octanol–water partition coefficient (Wildman–Crippen LogP) is 6.71. The number of carbonyl (C=O) groups is 3. The van der Waals surface area contributed by atoms with Gasteiger partial charge in [0.05, 0.1) is 27.9 Å². The first kappa shape index (κ1) is 38.7. The van der Waals surface area contributed by atoms with E-state index < -0.39 is 0 Å². The van der Waals surface area contributed by atoms with E-state index in [0.717, 1.165) is 106 Å². The standard InChI is InChI=1S/C43H50ClN9O4/c1-28(52-23-17-35-38(52)3-2-4-39(35)53-24-18-41(54)47-43(53)56)30-15-19-50(20-16-30)27-29-13-21-51(22-14-29)40-12-11-37(48-49-40)42(55)46-32-6-9-33(10-7-32)57-34-8-5-31(26-45)36(44)25-34/h2-5,8,11-12,17,23,25,28-30,32-33H,6-7,9-10,13-16,18-22,24,27H2,1H3,(H,46,55)(H,47,54,56). The second kappa shape index (κ2) is 17.1. The molecular formula is C43H50ClN9O4. The fourth-order valence-corrected chi connectivity index (χ4v) is 9.38. The first-order chi connectivity index (χ1) is 27.7. The van der Waals surface area contributed by atoms with Crippen molar-refractivity contribution >= 4 is 51.9 Å². The first-order valence-corrected chi connectivity index (χ1v) is 20.8. The number of carbonyl (C=O) groups excluding carboxylic acids is 3. The maximum Gasteiger partial charge on any atom is 0.328 e. The van der Waals surface area contributed by atoms with Crippen LogP contribution in [0.2, 0.25) is 5.02 Å². The van der Waals surface area contributed by atoms with E-state index in [1.165, 1.54) is 0 Å². The maximum absolute atomic E-state index is 13.0. The monoisotopic (exact) mass is 791 g/mol. The summed E-state index contributed by atoms with van der Waals surface area (Å²) in [4.78, 5) is 43.9. The van der Waals surface area contributed by atoms with Crippen LogP contribution in [0.15, 0.2) is 60.8 Å². The fraction of sp³-hybridized carbons (Fsp3) is 0.488.